The lowest BCUT2D eigenvalue weighted by molar-refractivity contribution is -0.151. The van der Waals surface area contributed by atoms with Crippen molar-refractivity contribution in [2.75, 3.05) is 13.7 Å². The lowest BCUT2D eigenvalue weighted by Crippen LogP contribution is -2.44. The number of ether oxygens (including phenoxy) is 2. The Hall–Kier alpha value is -1.13. The topological polar surface area (TPSA) is 51.6 Å². The molecule has 0 aromatic carbocycles. The molecule has 112 valence electrons. The van der Waals surface area contributed by atoms with Crippen molar-refractivity contribution in [3.63, 3.8) is 0 Å². The van der Waals surface area contributed by atoms with Crippen LogP contribution in [0.4, 0.5) is 0 Å². The molecule has 0 radical (unpaired) electrons. The van der Waals surface area contributed by atoms with Crippen LogP contribution in [0.25, 0.3) is 0 Å². The van der Waals surface area contributed by atoms with Crippen LogP contribution >= 0.6 is 0 Å². The van der Waals surface area contributed by atoms with Crippen LogP contribution in [-0.2, 0) is 4.74 Å². The van der Waals surface area contributed by atoms with Gasteiger partial charge in [-0.1, -0.05) is 19.8 Å². The van der Waals surface area contributed by atoms with E-state index in [4.69, 9.17) is 9.47 Å². The van der Waals surface area contributed by atoms with E-state index in [-0.39, 0.29) is 0 Å². The van der Waals surface area contributed by atoms with Crippen LogP contribution in [0.5, 0.6) is 5.75 Å². The van der Waals surface area contributed by atoms with E-state index < -0.39 is 11.7 Å². The van der Waals surface area contributed by atoms with Crippen molar-refractivity contribution in [1.29, 1.82) is 0 Å². The van der Waals surface area contributed by atoms with Crippen molar-refractivity contribution in [3.05, 3.63) is 24.0 Å². The minimum absolute atomic E-state index is 0.534. The van der Waals surface area contributed by atoms with Crippen LogP contribution in [-0.4, -0.2) is 29.4 Å². The molecule has 1 aromatic rings. The maximum Gasteiger partial charge on any atom is 0.143 e. The summed E-state index contributed by atoms with van der Waals surface area (Å²) in [5.74, 6) is 1.18. The minimum atomic E-state index is -0.749. The molecular weight excluding hydrogens is 254 g/mol. The number of aromatic nitrogens is 1. The molecule has 0 saturated heterocycles. The normalized spacial score (nSPS) is 28.1. The van der Waals surface area contributed by atoms with Crippen molar-refractivity contribution in [2.24, 2.45) is 5.92 Å². The molecule has 4 heteroatoms. The fourth-order valence-corrected chi connectivity index (χ4v) is 3.32. The van der Waals surface area contributed by atoms with Crippen LogP contribution in [0.1, 0.15) is 51.3 Å². The molecule has 2 rings (SSSR count). The number of nitrogens with zero attached hydrogens (tertiary/aromatic N) is 1. The smallest absolute Gasteiger partial charge is 0.143 e. The average molecular weight is 279 g/mol. The molecule has 1 saturated carbocycles. The molecule has 3 atom stereocenters. The Morgan fingerprint density at radius 3 is 3.00 bits per heavy atom. The average Bonchev–Trinajstić information content (AvgIpc) is 2.46. The van der Waals surface area contributed by atoms with Gasteiger partial charge in [0.25, 0.3) is 0 Å². The Bertz CT molecular complexity index is 433. The number of pyridine rings is 1. The summed E-state index contributed by atoms with van der Waals surface area (Å²) in [6, 6.07) is 3.64. The first-order valence-electron chi connectivity index (χ1n) is 7.44. The van der Waals surface area contributed by atoms with Crippen LogP contribution < -0.4 is 4.74 Å². The molecule has 0 bridgehead atoms. The predicted octanol–water partition coefficient (Wildman–Crippen LogP) is 3.11. The van der Waals surface area contributed by atoms with Crippen molar-refractivity contribution in [1.82, 2.24) is 4.98 Å². The SMILES string of the molecule is CCOC1(C(O)c2ncccc2OC)CCCC(C)C1. The van der Waals surface area contributed by atoms with E-state index in [0.29, 0.717) is 24.0 Å². The minimum Gasteiger partial charge on any atom is -0.495 e. The lowest BCUT2D eigenvalue weighted by Gasteiger charge is -2.43. The molecule has 1 aliphatic rings. The zero-order chi connectivity index (χ0) is 14.6. The first-order chi connectivity index (χ1) is 9.63. The van der Waals surface area contributed by atoms with Crippen molar-refractivity contribution >= 4 is 0 Å². The Balaban J connectivity index is 2.33. The molecule has 1 N–H and O–H groups in total. The van der Waals surface area contributed by atoms with Crippen LogP contribution in [0.3, 0.4) is 0 Å². The van der Waals surface area contributed by atoms with E-state index in [9.17, 15) is 5.11 Å². The highest BCUT2D eigenvalue weighted by atomic mass is 16.5. The summed E-state index contributed by atoms with van der Waals surface area (Å²) in [5.41, 5.74) is 0.0474. The van der Waals surface area contributed by atoms with E-state index in [1.165, 1.54) is 6.42 Å². The first kappa shape index (κ1) is 15.3. The summed E-state index contributed by atoms with van der Waals surface area (Å²) in [4.78, 5) is 4.32. The first-order valence-corrected chi connectivity index (χ1v) is 7.44. The van der Waals surface area contributed by atoms with Gasteiger partial charge in [-0.05, 0) is 37.8 Å². The Kier molecular flexibility index (Phi) is 5.00. The molecule has 0 aliphatic heterocycles. The third-order valence-electron chi connectivity index (χ3n) is 4.20. The van der Waals surface area contributed by atoms with Crippen LogP contribution in [0, 0.1) is 5.92 Å². The largest absolute Gasteiger partial charge is 0.495 e. The van der Waals surface area contributed by atoms with Crippen molar-refractivity contribution in [2.45, 2.75) is 51.2 Å². The van der Waals surface area contributed by atoms with Crippen LogP contribution in [0.2, 0.25) is 0 Å². The predicted molar refractivity (Wildman–Crippen MR) is 77.7 cm³/mol. The third kappa shape index (κ3) is 2.96. The third-order valence-corrected chi connectivity index (χ3v) is 4.20. The van der Waals surface area contributed by atoms with E-state index in [2.05, 4.69) is 11.9 Å². The highest BCUT2D eigenvalue weighted by Gasteiger charge is 2.44. The maximum atomic E-state index is 10.9. The number of hydrogen-bond acceptors (Lipinski definition) is 4. The zero-order valence-corrected chi connectivity index (χ0v) is 12.6. The quantitative estimate of drug-likeness (QED) is 0.899. The summed E-state index contributed by atoms with van der Waals surface area (Å²) in [6.07, 6.45) is 4.94. The van der Waals surface area contributed by atoms with Gasteiger partial charge in [0, 0.05) is 12.8 Å². The van der Waals surface area contributed by atoms with E-state index in [1.54, 1.807) is 13.3 Å². The highest BCUT2D eigenvalue weighted by Crippen LogP contribution is 2.44. The summed E-state index contributed by atoms with van der Waals surface area (Å²) in [7, 11) is 1.60. The fourth-order valence-electron chi connectivity index (χ4n) is 3.32. The summed E-state index contributed by atoms with van der Waals surface area (Å²) < 4.78 is 11.3. The lowest BCUT2D eigenvalue weighted by atomic mass is 9.74. The molecule has 0 amide bonds. The van der Waals surface area contributed by atoms with Gasteiger partial charge in [0.2, 0.25) is 0 Å². The Morgan fingerprint density at radius 2 is 2.35 bits per heavy atom. The van der Waals surface area contributed by atoms with E-state index in [0.717, 1.165) is 19.3 Å². The number of methoxy groups -OCH3 is 1. The molecule has 1 fully saturated rings. The van der Waals surface area contributed by atoms with Gasteiger partial charge in [-0.15, -0.1) is 0 Å². The molecule has 4 nitrogen and oxygen atoms in total. The summed E-state index contributed by atoms with van der Waals surface area (Å²) in [5, 5.41) is 10.9. The number of aliphatic hydroxyl groups is 1. The summed E-state index contributed by atoms with van der Waals surface area (Å²) in [6.45, 7) is 4.79. The second-order valence-electron chi connectivity index (χ2n) is 5.69. The molecule has 1 aromatic heterocycles. The number of rotatable bonds is 5. The molecular formula is C16H25NO3. The summed E-state index contributed by atoms with van der Waals surface area (Å²) >= 11 is 0. The second-order valence-corrected chi connectivity index (χ2v) is 5.69. The molecule has 3 unspecified atom stereocenters. The Morgan fingerprint density at radius 1 is 1.55 bits per heavy atom. The van der Waals surface area contributed by atoms with Crippen LogP contribution in [0.15, 0.2) is 18.3 Å². The van der Waals surface area contributed by atoms with Crippen molar-refractivity contribution in [3.8, 4) is 5.75 Å². The monoisotopic (exact) mass is 279 g/mol. The molecule has 1 aliphatic carbocycles. The maximum absolute atomic E-state index is 10.9. The zero-order valence-electron chi connectivity index (χ0n) is 12.6. The van der Waals surface area contributed by atoms with Crippen molar-refractivity contribution < 1.29 is 14.6 Å². The van der Waals surface area contributed by atoms with Gasteiger partial charge in [-0.2, -0.15) is 0 Å². The van der Waals surface area contributed by atoms with Gasteiger partial charge in [0.15, 0.2) is 0 Å². The van der Waals surface area contributed by atoms with Gasteiger partial charge in [-0.3, -0.25) is 4.98 Å². The van der Waals surface area contributed by atoms with Gasteiger partial charge >= 0.3 is 0 Å². The fraction of sp³-hybridized carbons (Fsp3) is 0.688. The van der Waals surface area contributed by atoms with E-state index in [1.807, 2.05) is 19.1 Å². The molecule has 0 spiro atoms. The Labute approximate surface area is 121 Å². The van der Waals surface area contributed by atoms with Gasteiger partial charge < -0.3 is 14.6 Å². The van der Waals surface area contributed by atoms with E-state index >= 15 is 0 Å². The molecule has 20 heavy (non-hydrogen) atoms. The second kappa shape index (κ2) is 6.55. The number of hydrogen-bond donors (Lipinski definition) is 1. The number of aliphatic hydroxyl groups excluding tert-OH is 1. The van der Waals surface area contributed by atoms with Gasteiger partial charge in [0.05, 0.1) is 7.11 Å². The van der Waals surface area contributed by atoms with Gasteiger partial charge in [-0.25, -0.2) is 0 Å². The highest BCUT2D eigenvalue weighted by molar-refractivity contribution is 5.30. The standard InChI is InChI=1S/C16H25NO3/c1-4-20-16(9-5-7-12(2)11-16)15(18)14-13(19-3)8-6-10-17-14/h6,8,10,12,15,18H,4-5,7,9,11H2,1-3H3. The molecule has 1 heterocycles. The van der Waals surface area contributed by atoms with Gasteiger partial charge in [0.1, 0.15) is 23.1 Å².